The number of fused-ring (bicyclic) bond motifs is 1. The van der Waals surface area contributed by atoms with E-state index in [4.69, 9.17) is 4.99 Å². The Labute approximate surface area is 142 Å². The van der Waals surface area contributed by atoms with E-state index >= 15 is 0 Å². The van der Waals surface area contributed by atoms with E-state index < -0.39 is 0 Å². The molecule has 0 saturated carbocycles. The van der Waals surface area contributed by atoms with Crippen LogP contribution in [0.2, 0.25) is 0 Å². The second-order valence-electron chi connectivity index (χ2n) is 6.47. The van der Waals surface area contributed by atoms with Crippen molar-refractivity contribution in [3.8, 4) is 0 Å². The van der Waals surface area contributed by atoms with E-state index in [1.807, 2.05) is 18.2 Å². The fraction of sp³-hybridized carbons (Fsp3) is 0.500. The SMILES string of the molecule is c1ccc(NC(=NCc2nnc3n2CCC3)N2CCCCC2)cc1. The number of guanidine groups is 1. The van der Waals surface area contributed by atoms with Gasteiger partial charge in [0.2, 0.25) is 0 Å². The molecule has 2 aliphatic rings. The van der Waals surface area contributed by atoms with Gasteiger partial charge in [-0.1, -0.05) is 18.2 Å². The summed E-state index contributed by atoms with van der Waals surface area (Å²) in [4.78, 5) is 7.23. The number of nitrogens with zero attached hydrogens (tertiary/aromatic N) is 5. The number of rotatable bonds is 3. The van der Waals surface area contributed by atoms with Crippen molar-refractivity contribution in [2.75, 3.05) is 18.4 Å². The molecule has 3 heterocycles. The van der Waals surface area contributed by atoms with E-state index in [1.54, 1.807) is 0 Å². The minimum atomic E-state index is 0.582. The van der Waals surface area contributed by atoms with E-state index in [0.29, 0.717) is 6.54 Å². The standard InChI is InChI=1S/C18H24N6/c1-3-8-15(9-4-1)20-18(23-11-5-2-6-12-23)19-14-17-22-21-16-10-7-13-24(16)17/h1,3-4,8-9H,2,5-7,10-14H2,(H,19,20). The number of hydrogen-bond donors (Lipinski definition) is 1. The maximum absolute atomic E-state index is 4.87. The second-order valence-corrected chi connectivity index (χ2v) is 6.47. The highest BCUT2D eigenvalue weighted by Gasteiger charge is 2.18. The summed E-state index contributed by atoms with van der Waals surface area (Å²) < 4.78 is 2.22. The average molecular weight is 324 g/mol. The third kappa shape index (κ3) is 3.27. The van der Waals surface area contributed by atoms with Crippen molar-refractivity contribution < 1.29 is 0 Å². The van der Waals surface area contributed by atoms with Gasteiger partial charge in [-0.2, -0.15) is 0 Å². The first-order chi connectivity index (χ1) is 11.9. The zero-order valence-electron chi connectivity index (χ0n) is 14.0. The zero-order valence-corrected chi connectivity index (χ0v) is 14.0. The van der Waals surface area contributed by atoms with Crippen LogP contribution < -0.4 is 5.32 Å². The van der Waals surface area contributed by atoms with Crippen molar-refractivity contribution in [2.45, 2.75) is 45.2 Å². The lowest BCUT2D eigenvalue weighted by Crippen LogP contribution is -2.40. The number of hydrogen-bond acceptors (Lipinski definition) is 3. The number of benzene rings is 1. The molecular weight excluding hydrogens is 300 g/mol. The van der Waals surface area contributed by atoms with Crippen LogP contribution in [0.5, 0.6) is 0 Å². The third-order valence-corrected chi connectivity index (χ3v) is 4.74. The molecule has 0 aliphatic carbocycles. The Morgan fingerprint density at radius 1 is 1.00 bits per heavy atom. The number of nitrogens with one attached hydrogen (secondary N) is 1. The van der Waals surface area contributed by atoms with Crippen molar-refractivity contribution in [1.82, 2.24) is 19.7 Å². The largest absolute Gasteiger partial charge is 0.343 e. The van der Waals surface area contributed by atoms with Gasteiger partial charge in [0, 0.05) is 31.7 Å². The molecule has 24 heavy (non-hydrogen) atoms. The van der Waals surface area contributed by atoms with E-state index in [9.17, 15) is 0 Å². The molecule has 0 atom stereocenters. The van der Waals surface area contributed by atoms with Crippen LogP contribution in [-0.2, 0) is 19.5 Å². The van der Waals surface area contributed by atoms with Crippen LogP contribution in [-0.4, -0.2) is 38.7 Å². The molecule has 1 aromatic carbocycles. The molecular formula is C18H24N6. The maximum atomic E-state index is 4.87. The van der Waals surface area contributed by atoms with E-state index in [0.717, 1.165) is 49.4 Å². The van der Waals surface area contributed by atoms with Crippen LogP contribution >= 0.6 is 0 Å². The second kappa shape index (κ2) is 7.03. The highest BCUT2D eigenvalue weighted by atomic mass is 15.3. The predicted molar refractivity (Wildman–Crippen MR) is 95.0 cm³/mol. The summed E-state index contributed by atoms with van der Waals surface area (Å²) in [6.07, 6.45) is 5.99. The maximum Gasteiger partial charge on any atom is 0.198 e. The van der Waals surface area contributed by atoms with Crippen molar-refractivity contribution in [3.63, 3.8) is 0 Å². The molecule has 1 N–H and O–H groups in total. The molecule has 2 aromatic rings. The van der Waals surface area contributed by atoms with Gasteiger partial charge in [-0.3, -0.25) is 0 Å². The van der Waals surface area contributed by atoms with Crippen LogP contribution in [0.25, 0.3) is 0 Å². The van der Waals surface area contributed by atoms with Gasteiger partial charge in [0.1, 0.15) is 12.4 Å². The normalized spacial score (nSPS) is 17.8. The number of anilines is 1. The van der Waals surface area contributed by atoms with Gasteiger partial charge < -0.3 is 14.8 Å². The molecule has 1 saturated heterocycles. The highest BCUT2D eigenvalue weighted by molar-refractivity contribution is 5.93. The number of aryl methyl sites for hydroxylation is 1. The lowest BCUT2D eigenvalue weighted by molar-refractivity contribution is 0.340. The van der Waals surface area contributed by atoms with Gasteiger partial charge in [0.25, 0.3) is 0 Å². The summed E-state index contributed by atoms with van der Waals surface area (Å²) in [5.41, 5.74) is 1.08. The fourth-order valence-corrected chi connectivity index (χ4v) is 3.45. The van der Waals surface area contributed by atoms with Gasteiger partial charge in [-0.25, -0.2) is 4.99 Å². The molecule has 0 unspecified atom stereocenters. The number of piperidine rings is 1. The van der Waals surface area contributed by atoms with Gasteiger partial charge in [0.15, 0.2) is 11.8 Å². The lowest BCUT2D eigenvalue weighted by atomic mass is 10.1. The minimum Gasteiger partial charge on any atom is -0.343 e. The molecule has 0 bridgehead atoms. The average Bonchev–Trinajstić information content (AvgIpc) is 3.24. The van der Waals surface area contributed by atoms with Crippen molar-refractivity contribution in [3.05, 3.63) is 42.0 Å². The molecule has 0 radical (unpaired) electrons. The summed E-state index contributed by atoms with van der Waals surface area (Å²) in [6.45, 7) is 3.74. The first-order valence-corrected chi connectivity index (χ1v) is 8.92. The number of aliphatic imine (C=N–C) groups is 1. The molecule has 126 valence electrons. The first kappa shape index (κ1) is 15.2. The molecule has 0 spiro atoms. The summed E-state index contributed by atoms with van der Waals surface area (Å²) in [5, 5.41) is 12.1. The van der Waals surface area contributed by atoms with Crippen LogP contribution in [0.1, 0.15) is 37.3 Å². The molecule has 6 heteroatoms. The van der Waals surface area contributed by atoms with Crippen LogP contribution in [0.3, 0.4) is 0 Å². The Bertz CT molecular complexity index is 700. The fourth-order valence-electron chi connectivity index (χ4n) is 3.45. The first-order valence-electron chi connectivity index (χ1n) is 8.92. The summed E-state index contributed by atoms with van der Waals surface area (Å²) in [6, 6.07) is 10.3. The van der Waals surface area contributed by atoms with Crippen LogP contribution in [0.15, 0.2) is 35.3 Å². The smallest absolute Gasteiger partial charge is 0.198 e. The quantitative estimate of drug-likeness (QED) is 0.696. The Morgan fingerprint density at radius 2 is 1.83 bits per heavy atom. The molecule has 6 nitrogen and oxygen atoms in total. The predicted octanol–water partition coefficient (Wildman–Crippen LogP) is 2.68. The van der Waals surface area contributed by atoms with Crippen LogP contribution in [0.4, 0.5) is 5.69 Å². The lowest BCUT2D eigenvalue weighted by Gasteiger charge is -2.30. The van der Waals surface area contributed by atoms with E-state index in [-0.39, 0.29) is 0 Å². The van der Waals surface area contributed by atoms with E-state index in [2.05, 4.69) is 37.1 Å². The summed E-state index contributed by atoms with van der Waals surface area (Å²) in [7, 11) is 0. The van der Waals surface area contributed by atoms with Gasteiger partial charge in [0.05, 0.1) is 0 Å². The Morgan fingerprint density at radius 3 is 2.67 bits per heavy atom. The van der Waals surface area contributed by atoms with E-state index in [1.165, 1.54) is 25.7 Å². The molecule has 2 aliphatic heterocycles. The molecule has 0 amide bonds. The zero-order chi connectivity index (χ0) is 16.2. The topological polar surface area (TPSA) is 58.3 Å². The van der Waals surface area contributed by atoms with Gasteiger partial charge in [-0.05, 0) is 37.8 Å². The van der Waals surface area contributed by atoms with Crippen LogP contribution in [0, 0.1) is 0 Å². The van der Waals surface area contributed by atoms with Crippen molar-refractivity contribution in [1.29, 1.82) is 0 Å². The van der Waals surface area contributed by atoms with Gasteiger partial charge >= 0.3 is 0 Å². The monoisotopic (exact) mass is 324 g/mol. The van der Waals surface area contributed by atoms with Crippen molar-refractivity contribution >= 4 is 11.6 Å². The Hall–Kier alpha value is -2.37. The number of likely N-dealkylation sites (tertiary alicyclic amines) is 1. The molecule has 4 rings (SSSR count). The van der Waals surface area contributed by atoms with Gasteiger partial charge in [-0.15, -0.1) is 10.2 Å². The molecule has 1 fully saturated rings. The highest BCUT2D eigenvalue weighted by Crippen LogP contribution is 2.16. The molecule has 1 aromatic heterocycles. The summed E-state index contributed by atoms with van der Waals surface area (Å²) in [5.74, 6) is 3.04. The number of para-hydroxylation sites is 1. The Balaban J connectivity index is 1.54. The summed E-state index contributed by atoms with van der Waals surface area (Å²) >= 11 is 0. The van der Waals surface area contributed by atoms with Crippen molar-refractivity contribution in [2.24, 2.45) is 4.99 Å². The number of aromatic nitrogens is 3. The third-order valence-electron chi connectivity index (χ3n) is 4.74. The Kier molecular flexibility index (Phi) is 4.44. The minimum absolute atomic E-state index is 0.582.